The molecule has 0 aliphatic carbocycles. The first-order valence-corrected chi connectivity index (χ1v) is 15.6. The average molecular weight is 703 g/mol. The molecule has 0 saturated carbocycles. The number of rotatable bonds is 5. The van der Waals surface area contributed by atoms with Gasteiger partial charge in [0.15, 0.2) is 0 Å². The minimum atomic E-state index is -4.64. The van der Waals surface area contributed by atoms with Gasteiger partial charge in [-0.2, -0.15) is 33.3 Å². The van der Waals surface area contributed by atoms with Crippen LogP contribution in [0.4, 0.5) is 13.2 Å². The van der Waals surface area contributed by atoms with Crippen LogP contribution in [0.15, 0.2) is 94.5 Å². The number of carbonyl (C=O) groups is 1. The van der Waals surface area contributed by atoms with Crippen molar-refractivity contribution in [3.05, 3.63) is 139 Å². The number of aromatic nitrogens is 6. The molecule has 1 aliphatic rings. The number of benzene rings is 3. The molecule has 3 aromatic carbocycles. The number of aryl methyl sites for hydroxylation is 1. The van der Waals surface area contributed by atoms with E-state index >= 15 is 0 Å². The molecular weight excluding hydrogens is 675 g/mol. The lowest BCUT2D eigenvalue weighted by Gasteiger charge is -2.35. The number of halogens is 4. The fraction of sp³-hybridized carbons (Fsp3) is 0.206. The zero-order chi connectivity index (χ0) is 33.0. The number of alkyl halides is 3. The number of hydrogen-bond acceptors (Lipinski definition) is 5. The maximum atomic E-state index is 14.4. The second-order valence-corrected chi connectivity index (χ2v) is 12.5. The second-order valence-electron chi connectivity index (χ2n) is 11.6. The predicted octanol–water partition coefficient (Wildman–Crippen LogP) is 6.33. The van der Waals surface area contributed by atoms with Gasteiger partial charge in [-0.25, -0.2) is 4.52 Å². The van der Waals surface area contributed by atoms with Crippen molar-refractivity contribution in [1.29, 1.82) is 0 Å². The van der Waals surface area contributed by atoms with Crippen LogP contribution in [0.1, 0.15) is 50.9 Å². The van der Waals surface area contributed by atoms with E-state index in [1.165, 1.54) is 21.8 Å². The van der Waals surface area contributed by atoms with Crippen LogP contribution in [0.25, 0.3) is 17.0 Å². The smallest absolute Gasteiger partial charge is 0.330 e. The molecule has 0 spiro atoms. The van der Waals surface area contributed by atoms with Crippen molar-refractivity contribution in [3.63, 3.8) is 0 Å². The number of carbonyl (C=O) groups excluding carboxylic acids is 1. The summed E-state index contributed by atoms with van der Waals surface area (Å²) in [5, 5.41) is 13.4. The van der Waals surface area contributed by atoms with E-state index in [9.17, 15) is 22.8 Å². The summed E-state index contributed by atoms with van der Waals surface area (Å²) in [6.07, 6.45) is -0.564. The van der Waals surface area contributed by atoms with Crippen LogP contribution >= 0.6 is 15.9 Å². The van der Waals surface area contributed by atoms with Gasteiger partial charge in [-0.15, -0.1) is 0 Å². The van der Waals surface area contributed by atoms with Crippen molar-refractivity contribution in [2.75, 3.05) is 0 Å². The minimum Gasteiger partial charge on any atom is -0.330 e. The standard InChI is InChI=1S/C34H27BrF3N7O2/c1-20-17-40-45(41-20)26-11-9-25(10-12-26)43-31-24(15-22-6-4-3-5-7-22)18-39-44(31)30-19-42(21(2)14-27(30)33(43)47)32(46)23-8-13-29(35)28(16-23)34(36,37)38/h3-13,16-18,21H,14-15,19H2,1-2H3. The highest BCUT2D eigenvalue weighted by Gasteiger charge is 2.36. The van der Waals surface area contributed by atoms with Gasteiger partial charge in [-0.05, 0) is 68.3 Å². The summed E-state index contributed by atoms with van der Waals surface area (Å²) in [7, 11) is 0. The van der Waals surface area contributed by atoms with E-state index < -0.39 is 23.7 Å². The largest absolute Gasteiger partial charge is 0.417 e. The van der Waals surface area contributed by atoms with Gasteiger partial charge in [0.05, 0.1) is 47.3 Å². The molecule has 9 nitrogen and oxygen atoms in total. The van der Waals surface area contributed by atoms with Crippen LogP contribution in [0, 0.1) is 6.92 Å². The summed E-state index contributed by atoms with van der Waals surface area (Å²) >= 11 is 2.95. The van der Waals surface area contributed by atoms with E-state index in [-0.39, 0.29) is 28.6 Å². The van der Waals surface area contributed by atoms with Gasteiger partial charge in [0.1, 0.15) is 5.65 Å². The minimum absolute atomic E-state index is 0.00492. The maximum absolute atomic E-state index is 14.4. The van der Waals surface area contributed by atoms with Crippen molar-refractivity contribution in [2.45, 2.75) is 45.5 Å². The zero-order valence-electron chi connectivity index (χ0n) is 25.2. The van der Waals surface area contributed by atoms with Crippen LogP contribution < -0.4 is 5.56 Å². The molecule has 1 unspecified atom stereocenters. The van der Waals surface area contributed by atoms with E-state index in [0.717, 1.165) is 28.6 Å². The third kappa shape index (κ3) is 5.54. The Morgan fingerprint density at radius 2 is 1.70 bits per heavy atom. The SMILES string of the molecule is Cc1cnn(-c2ccc(-n3c(=O)c4c(n5ncc(Cc6ccccc6)c35)CN(C(=O)c3ccc(Br)c(C(F)(F)F)c3)C(C)C4)cc2)n1. The Hall–Kier alpha value is -5.04. The molecule has 238 valence electrons. The van der Waals surface area contributed by atoms with Gasteiger partial charge in [-0.3, -0.25) is 14.2 Å². The molecule has 0 fully saturated rings. The summed E-state index contributed by atoms with van der Waals surface area (Å²) in [6, 6.07) is 20.1. The summed E-state index contributed by atoms with van der Waals surface area (Å²) in [5.74, 6) is -0.562. The number of fused-ring (bicyclic) bond motifs is 3. The maximum Gasteiger partial charge on any atom is 0.417 e. The first kappa shape index (κ1) is 30.6. The highest BCUT2D eigenvalue weighted by Crippen LogP contribution is 2.36. The Morgan fingerprint density at radius 1 is 0.979 bits per heavy atom. The molecule has 6 aromatic rings. The third-order valence-electron chi connectivity index (χ3n) is 8.41. The number of amides is 1. The van der Waals surface area contributed by atoms with Crippen molar-refractivity contribution in [2.24, 2.45) is 0 Å². The van der Waals surface area contributed by atoms with Crippen LogP contribution in [-0.4, -0.2) is 46.0 Å². The first-order valence-electron chi connectivity index (χ1n) is 14.8. The topological polar surface area (TPSA) is 90.3 Å². The normalized spacial score (nSPS) is 14.9. The molecular formula is C34H27BrF3N7O2. The molecule has 0 saturated heterocycles. The van der Waals surface area contributed by atoms with Crippen LogP contribution in [0.3, 0.4) is 0 Å². The summed E-state index contributed by atoms with van der Waals surface area (Å²) in [6.45, 7) is 3.63. The molecule has 0 N–H and O–H groups in total. The highest BCUT2D eigenvalue weighted by molar-refractivity contribution is 9.10. The van der Waals surface area contributed by atoms with Crippen molar-refractivity contribution >= 4 is 27.5 Å². The second kappa shape index (κ2) is 11.6. The van der Waals surface area contributed by atoms with Gasteiger partial charge in [0.25, 0.3) is 11.5 Å². The lowest BCUT2D eigenvalue weighted by atomic mass is 9.97. The highest BCUT2D eigenvalue weighted by atomic mass is 79.9. The average Bonchev–Trinajstić information content (AvgIpc) is 3.67. The molecule has 1 atom stereocenters. The monoisotopic (exact) mass is 701 g/mol. The molecule has 1 aliphatic heterocycles. The van der Waals surface area contributed by atoms with E-state index in [4.69, 9.17) is 5.10 Å². The number of hydrogen-bond donors (Lipinski definition) is 0. The zero-order valence-corrected chi connectivity index (χ0v) is 26.8. The quantitative estimate of drug-likeness (QED) is 0.210. The Labute approximate surface area is 275 Å². The van der Waals surface area contributed by atoms with Gasteiger partial charge in [-0.1, -0.05) is 46.3 Å². The molecule has 3 aromatic heterocycles. The van der Waals surface area contributed by atoms with E-state index in [2.05, 4.69) is 26.1 Å². The molecule has 4 heterocycles. The van der Waals surface area contributed by atoms with E-state index in [1.54, 1.807) is 28.4 Å². The Balaban J connectivity index is 1.35. The van der Waals surface area contributed by atoms with Gasteiger partial charge in [0.2, 0.25) is 0 Å². The van der Waals surface area contributed by atoms with Crippen molar-refractivity contribution in [3.8, 4) is 11.4 Å². The summed E-state index contributed by atoms with van der Waals surface area (Å²) in [5.41, 5.74) is 4.23. The molecule has 7 rings (SSSR count). The molecule has 13 heteroatoms. The van der Waals surface area contributed by atoms with E-state index in [1.807, 2.05) is 61.5 Å². The molecule has 0 bridgehead atoms. The Bertz CT molecular complexity index is 2210. The van der Waals surface area contributed by atoms with Crippen LogP contribution in [-0.2, 0) is 25.6 Å². The third-order valence-corrected chi connectivity index (χ3v) is 9.10. The fourth-order valence-electron chi connectivity index (χ4n) is 6.08. The van der Waals surface area contributed by atoms with Gasteiger partial charge < -0.3 is 4.90 Å². The molecule has 1 amide bonds. The number of nitrogens with zero attached hydrogens (tertiary/aromatic N) is 7. The van der Waals surface area contributed by atoms with Crippen molar-refractivity contribution in [1.82, 2.24) is 34.1 Å². The fourth-order valence-corrected chi connectivity index (χ4v) is 6.55. The van der Waals surface area contributed by atoms with Crippen LogP contribution in [0.2, 0.25) is 0 Å². The predicted molar refractivity (Wildman–Crippen MR) is 172 cm³/mol. The first-order chi connectivity index (χ1) is 22.5. The molecule has 47 heavy (non-hydrogen) atoms. The molecule has 0 radical (unpaired) electrons. The van der Waals surface area contributed by atoms with Crippen molar-refractivity contribution < 1.29 is 18.0 Å². The van der Waals surface area contributed by atoms with E-state index in [0.29, 0.717) is 29.0 Å². The summed E-state index contributed by atoms with van der Waals surface area (Å²) < 4.78 is 44.2. The Kier molecular flexibility index (Phi) is 7.58. The van der Waals surface area contributed by atoms with Gasteiger partial charge >= 0.3 is 6.18 Å². The lowest BCUT2D eigenvalue weighted by molar-refractivity contribution is -0.138. The van der Waals surface area contributed by atoms with Crippen LogP contribution in [0.5, 0.6) is 0 Å². The van der Waals surface area contributed by atoms with Gasteiger partial charge in [0, 0.05) is 33.6 Å². The Morgan fingerprint density at radius 3 is 2.38 bits per heavy atom. The lowest BCUT2D eigenvalue weighted by Crippen LogP contribution is -2.46. The summed E-state index contributed by atoms with van der Waals surface area (Å²) in [4.78, 5) is 31.2.